The van der Waals surface area contributed by atoms with E-state index in [0.29, 0.717) is 5.39 Å². The Morgan fingerprint density at radius 1 is 1.00 bits per heavy atom. The zero-order valence-corrected chi connectivity index (χ0v) is 19.9. The summed E-state index contributed by atoms with van der Waals surface area (Å²) in [7, 11) is -0.958. The molecule has 0 fully saturated rings. The number of rotatable bonds is 7. The summed E-state index contributed by atoms with van der Waals surface area (Å²) in [5.74, 6) is -1.04. The van der Waals surface area contributed by atoms with Crippen LogP contribution in [0, 0.1) is 0 Å². The van der Waals surface area contributed by atoms with Crippen molar-refractivity contribution < 1.29 is 32.2 Å². The van der Waals surface area contributed by atoms with Gasteiger partial charge in [-0.1, -0.05) is 24.3 Å². The average molecular weight is 513 g/mol. The van der Waals surface area contributed by atoms with Gasteiger partial charge in [0.05, 0.1) is 33.6 Å². The van der Waals surface area contributed by atoms with Crippen molar-refractivity contribution in [1.29, 1.82) is 0 Å². The van der Waals surface area contributed by atoms with Gasteiger partial charge in [0.15, 0.2) is 10.8 Å². The van der Waals surface area contributed by atoms with Crippen LogP contribution in [0.1, 0.15) is 10.4 Å². The number of esters is 1. The molecule has 0 atom stereocenters. The molecule has 1 aromatic carbocycles. The molecule has 3 heterocycles. The molecule has 0 bridgehead atoms. The van der Waals surface area contributed by atoms with Crippen LogP contribution in [0.15, 0.2) is 53.8 Å². The van der Waals surface area contributed by atoms with Crippen molar-refractivity contribution in [1.82, 2.24) is 29.5 Å². The number of hydrogen-bond donors (Lipinski definition) is 2. The number of carbonyl (C=O) groups is 2. The van der Waals surface area contributed by atoms with E-state index in [4.69, 9.17) is 14.2 Å². The second-order valence-electron chi connectivity index (χ2n) is 6.96. The number of ether oxygens (including phenoxy) is 3. The number of benzene rings is 1. The molecule has 36 heavy (non-hydrogen) atoms. The van der Waals surface area contributed by atoms with Gasteiger partial charge in [0.1, 0.15) is 5.56 Å². The van der Waals surface area contributed by atoms with Crippen LogP contribution in [-0.4, -0.2) is 66.5 Å². The smallest absolute Gasteiger partial charge is 0.342 e. The highest BCUT2D eigenvalue weighted by Crippen LogP contribution is 2.25. The van der Waals surface area contributed by atoms with Crippen LogP contribution in [0.5, 0.6) is 11.8 Å². The normalized spacial score (nSPS) is 11.1. The second-order valence-corrected chi connectivity index (χ2v) is 8.56. The summed E-state index contributed by atoms with van der Waals surface area (Å²) in [5, 5.41) is 6.89. The molecule has 3 aromatic heterocycles. The molecule has 0 unspecified atom stereocenters. The van der Waals surface area contributed by atoms with Crippen LogP contribution in [0.3, 0.4) is 0 Å². The van der Waals surface area contributed by atoms with Crippen molar-refractivity contribution in [3.63, 3.8) is 0 Å². The van der Waals surface area contributed by atoms with Crippen molar-refractivity contribution in [3.05, 3.63) is 54.4 Å². The maximum Gasteiger partial charge on any atom is 0.342 e. The Morgan fingerprint density at radius 3 is 2.36 bits per heavy atom. The summed E-state index contributed by atoms with van der Waals surface area (Å²) in [5.41, 5.74) is -0.410. The van der Waals surface area contributed by atoms with E-state index >= 15 is 0 Å². The number of sulfonamides is 1. The largest absolute Gasteiger partial charge is 0.481 e. The van der Waals surface area contributed by atoms with Gasteiger partial charge in [-0.2, -0.15) is 23.5 Å². The summed E-state index contributed by atoms with van der Waals surface area (Å²) in [6.07, 6.45) is 2.47. The van der Waals surface area contributed by atoms with Gasteiger partial charge in [-0.05, 0) is 11.5 Å². The molecule has 0 aliphatic rings. The number of aromatic nitrogens is 5. The second kappa shape index (κ2) is 9.83. The number of anilines is 1. The van der Waals surface area contributed by atoms with Gasteiger partial charge in [-0.15, -0.1) is 0 Å². The minimum absolute atomic E-state index is 0.0630. The van der Waals surface area contributed by atoms with E-state index in [-0.39, 0.29) is 23.5 Å². The standard InChI is InChI=1S/C21H19N7O7S/c1-33-15-10-16(34-2)25-20(24-15)26-21(30)27-36(31,32)18-14(19(29)35-3)11-23-28(18)17-13-7-5-4-6-12(13)8-9-22-17/h4-11H,1-3H3,(H2,24,25,26,27,30). The zero-order valence-electron chi connectivity index (χ0n) is 19.1. The lowest BCUT2D eigenvalue weighted by molar-refractivity contribution is 0.0596. The summed E-state index contributed by atoms with van der Waals surface area (Å²) in [6, 6.07) is 8.91. The Labute approximate surface area is 204 Å². The highest BCUT2D eigenvalue weighted by Gasteiger charge is 2.32. The first-order valence-corrected chi connectivity index (χ1v) is 11.6. The third kappa shape index (κ3) is 4.72. The van der Waals surface area contributed by atoms with E-state index in [2.05, 4.69) is 25.4 Å². The molecule has 2 amide bonds. The van der Waals surface area contributed by atoms with Gasteiger partial charge in [0.2, 0.25) is 17.7 Å². The number of fused-ring (bicyclic) bond motifs is 1. The fourth-order valence-electron chi connectivity index (χ4n) is 3.24. The van der Waals surface area contributed by atoms with Crippen LogP contribution in [0.2, 0.25) is 0 Å². The molecule has 186 valence electrons. The molecule has 4 aromatic rings. The Morgan fingerprint density at radius 2 is 1.69 bits per heavy atom. The van der Waals surface area contributed by atoms with Crippen molar-refractivity contribution in [2.45, 2.75) is 5.03 Å². The fourth-order valence-corrected chi connectivity index (χ4v) is 4.41. The maximum absolute atomic E-state index is 13.4. The summed E-state index contributed by atoms with van der Waals surface area (Å²) in [6.45, 7) is 0. The number of pyridine rings is 1. The number of amides is 2. The van der Waals surface area contributed by atoms with Crippen molar-refractivity contribution in [3.8, 4) is 17.6 Å². The zero-order chi connectivity index (χ0) is 25.9. The molecule has 14 nitrogen and oxygen atoms in total. The van der Waals surface area contributed by atoms with Crippen molar-refractivity contribution in [2.75, 3.05) is 26.6 Å². The first kappa shape index (κ1) is 24.3. The lowest BCUT2D eigenvalue weighted by Crippen LogP contribution is -2.36. The van der Waals surface area contributed by atoms with E-state index in [0.717, 1.165) is 23.4 Å². The Bertz CT molecular complexity index is 1540. The van der Waals surface area contributed by atoms with E-state index < -0.39 is 32.6 Å². The molecule has 0 aliphatic heterocycles. The van der Waals surface area contributed by atoms with Crippen LogP contribution >= 0.6 is 0 Å². The quantitative estimate of drug-likeness (QED) is 0.343. The molecule has 0 aliphatic carbocycles. The topological polar surface area (TPSA) is 177 Å². The van der Waals surface area contributed by atoms with Gasteiger partial charge in [-0.25, -0.2) is 24.0 Å². The van der Waals surface area contributed by atoms with Crippen LogP contribution in [-0.2, 0) is 14.8 Å². The van der Waals surface area contributed by atoms with Gasteiger partial charge < -0.3 is 14.2 Å². The predicted octanol–water partition coefficient (Wildman–Crippen LogP) is 1.52. The van der Waals surface area contributed by atoms with Gasteiger partial charge in [0, 0.05) is 11.6 Å². The number of methoxy groups -OCH3 is 3. The lowest BCUT2D eigenvalue weighted by atomic mass is 10.1. The molecule has 0 saturated carbocycles. The van der Waals surface area contributed by atoms with Crippen LogP contribution in [0.25, 0.3) is 16.6 Å². The third-order valence-corrected chi connectivity index (χ3v) is 6.14. The van der Waals surface area contributed by atoms with Crippen LogP contribution < -0.4 is 19.5 Å². The van der Waals surface area contributed by atoms with Gasteiger partial charge in [-0.3, -0.25) is 5.32 Å². The van der Waals surface area contributed by atoms with Gasteiger partial charge >= 0.3 is 12.0 Å². The monoisotopic (exact) mass is 513 g/mol. The fraction of sp³-hybridized carbons (Fsp3) is 0.143. The van der Waals surface area contributed by atoms with Crippen LogP contribution in [0.4, 0.5) is 10.7 Å². The Hall–Kier alpha value is -4.79. The molecular formula is C21H19N7O7S. The number of hydrogen-bond acceptors (Lipinski definition) is 11. The highest BCUT2D eigenvalue weighted by molar-refractivity contribution is 7.90. The van der Waals surface area contributed by atoms with E-state index in [1.807, 2.05) is 4.72 Å². The van der Waals surface area contributed by atoms with Gasteiger partial charge in [0.25, 0.3) is 10.0 Å². The molecule has 2 N–H and O–H groups in total. The predicted molar refractivity (Wildman–Crippen MR) is 125 cm³/mol. The minimum Gasteiger partial charge on any atom is -0.481 e. The molecule has 4 rings (SSSR count). The van der Waals surface area contributed by atoms with E-state index in [1.165, 1.54) is 26.5 Å². The summed E-state index contributed by atoms with van der Waals surface area (Å²) >= 11 is 0. The number of urea groups is 1. The third-order valence-electron chi connectivity index (χ3n) is 4.79. The first-order valence-electron chi connectivity index (χ1n) is 10.1. The summed E-state index contributed by atoms with van der Waals surface area (Å²) in [4.78, 5) is 37.0. The Kier molecular flexibility index (Phi) is 6.64. The van der Waals surface area contributed by atoms with Crippen molar-refractivity contribution in [2.24, 2.45) is 0 Å². The first-order chi connectivity index (χ1) is 17.3. The number of nitrogens with one attached hydrogen (secondary N) is 2. The number of nitrogens with zero attached hydrogens (tertiary/aromatic N) is 5. The summed E-state index contributed by atoms with van der Waals surface area (Å²) < 4.78 is 44.2. The molecule has 0 radical (unpaired) electrons. The average Bonchev–Trinajstić information content (AvgIpc) is 3.33. The molecular weight excluding hydrogens is 494 g/mol. The molecule has 15 heteroatoms. The minimum atomic E-state index is -4.72. The SMILES string of the molecule is COC(=O)c1cnn(-c2nccc3ccccc23)c1S(=O)(=O)NC(=O)Nc1nc(OC)cc(OC)n1. The molecule has 0 spiro atoms. The lowest BCUT2D eigenvalue weighted by Gasteiger charge is -2.13. The van der Waals surface area contributed by atoms with E-state index in [1.54, 1.807) is 30.3 Å². The van der Waals surface area contributed by atoms with Crippen molar-refractivity contribution >= 4 is 38.7 Å². The van der Waals surface area contributed by atoms with E-state index in [9.17, 15) is 18.0 Å². The maximum atomic E-state index is 13.4. The number of carbonyl (C=O) groups excluding carboxylic acids is 2. The Balaban J connectivity index is 1.75. The highest BCUT2D eigenvalue weighted by atomic mass is 32.2. The molecule has 0 saturated heterocycles.